The Labute approximate surface area is 115 Å². The van der Waals surface area contributed by atoms with Crippen LogP contribution in [0.15, 0.2) is 0 Å². The van der Waals surface area contributed by atoms with Crippen molar-refractivity contribution in [2.45, 2.75) is 62.8 Å². The first-order chi connectivity index (χ1) is 8.74. The maximum Gasteiger partial charge on any atom is 0.236 e. The van der Waals surface area contributed by atoms with Gasteiger partial charge in [-0.1, -0.05) is 6.42 Å². The molecule has 3 nitrogen and oxygen atoms in total. The van der Waals surface area contributed by atoms with E-state index < -0.39 is 0 Å². The van der Waals surface area contributed by atoms with E-state index in [1.165, 1.54) is 38.5 Å². The van der Waals surface area contributed by atoms with Gasteiger partial charge in [-0.05, 0) is 45.3 Å². The van der Waals surface area contributed by atoms with Crippen LogP contribution in [0.3, 0.4) is 0 Å². The topological polar surface area (TPSA) is 32.3 Å². The number of carbonyl (C=O) groups is 1. The fourth-order valence-electron chi connectivity index (χ4n) is 2.90. The Bertz CT molecular complexity index is 281. The van der Waals surface area contributed by atoms with Gasteiger partial charge in [-0.15, -0.1) is 0 Å². The van der Waals surface area contributed by atoms with Crippen molar-refractivity contribution < 1.29 is 4.79 Å². The molecule has 0 aromatic rings. The number of hydrogen-bond acceptors (Lipinski definition) is 3. The van der Waals surface area contributed by atoms with Crippen LogP contribution in [0.25, 0.3) is 0 Å². The average Bonchev–Trinajstić information content (AvgIpc) is 3.22. The van der Waals surface area contributed by atoms with E-state index in [1.807, 2.05) is 16.7 Å². The molecule has 0 aromatic heterocycles. The highest BCUT2D eigenvalue weighted by molar-refractivity contribution is 7.99. The van der Waals surface area contributed by atoms with Gasteiger partial charge in [-0.3, -0.25) is 4.79 Å². The van der Waals surface area contributed by atoms with Gasteiger partial charge in [0.1, 0.15) is 0 Å². The summed E-state index contributed by atoms with van der Waals surface area (Å²) in [7, 11) is 0. The van der Waals surface area contributed by atoms with Crippen molar-refractivity contribution in [1.29, 1.82) is 0 Å². The summed E-state index contributed by atoms with van der Waals surface area (Å²) in [6.45, 7) is 3.49. The second-order valence-corrected chi connectivity index (χ2v) is 6.65. The van der Waals surface area contributed by atoms with Crippen molar-refractivity contribution in [2.75, 3.05) is 19.3 Å². The summed E-state index contributed by atoms with van der Waals surface area (Å²) in [5.41, 5.74) is 0. The van der Waals surface area contributed by atoms with E-state index >= 15 is 0 Å². The van der Waals surface area contributed by atoms with Gasteiger partial charge in [-0.2, -0.15) is 11.8 Å². The molecule has 0 radical (unpaired) electrons. The van der Waals surface area contributed by atoms with E-state index in [1.54, 1.807) is 0 Å². The van der Waals surface area contributed by atoms with Gasteiger partial charge in [0.25, 0.3) is 0 Å². The average molecular weight is 270 g/mol. The van der Waals surface area contributed by atoms with Crippen LogP contribution in [0.5, 0.6) is 0 Å². The third-order valence-corrected chi connectivity index (χ3v) is 5.24. The van der Waals surface area contributed by atoms with Crippen LogP contribution < -0.4 is 5.32 Å². The summed E-state index contributed by atoms with van der Waals surface area (Å²) in [6, 6.07) is 1.10. The van der Waals surface area contributed by atoms with Crippen molar-refractivity contribution in [3.8, 4) is 0 Å². The van der Waals surface area contributed by atoms with E-state index in [4.69, 9.17) is 0 Å². The largest absolute Gasteiger partial charge is 0.339 e. The Kier molecular flexibility index (Phi) is 5.37. The molecule has 2 aliphatic carbocycles. The second-order valence-electron chi connectivity index (χ2n) is 5.51. The summed E-state index contributed by atoms with van der Waals surface area (Å²) < 4.78 is 0. The number of nitrogens with zero attached hydrogens (tertiary/aromatic N) is 1. The minimum absolute atomic E-state index is 0.297. The first-order valence-electron chi connectivity index (χ1n) is 7.30. The number of carbonyl (C=O) groups excluding carboxylic acids is 1. The Hall–Kier alpha value is -0.220. The summed E-state index contributed by atoms with van der Waals surface area (Å²) in [5.74, 6) is 0.297. The van der Waals surface area contributed by atoms with Crippen LogP contribution in [-0.2, 0) is 4.79 Å². The van der Waals surface area contributed by atoms with Gasteiger partial charge in [0.05, 0.1) is 6.54 Å². The molecule has 2 unspecified atom stereocenters. The summed E-state index contributed by atoms with van der Waals surface area (Å²) in [4.78, 5) is 14.2. The molecule has 2 atom stereocenters. The van der Waals surface area contributed by atoms with Crippen LogP contribution in [0.2, 0.25) is 0 Å². The van der Waals surface area contributed by atoms with E-state index in [0.717, 1.165) is 11.8 Å². The van der Waals surface area contributed by atoms with Gasteiger partial charge in [0, 0.05) is 23.9 Å². The first-order valence-corrected chi connectivity index (χ1v) is 8.59. The molecule has 0 bridgehead atoms. The number of thioether (sulfide) groups is 1. The molecule has 0 heterocycles. The predicted octanol–water partition coefficient (Wildman–Crippen LogP) is 2.26. The Balaban J connectivity index is 1.71. The number of rotatable bonds is 6. The zero-order chi connectivity index (χ0) is 13.0. The molecule has 2 saturated carbocycles. The fourth-order valence-corrected chi connectivity index (χ4v) is 3.73. The third-order valence-electron chi connectivity index (χ3n) is 4.15. The minimum atomic E-state index is 0.297. The molecule has 1 amide bonds. The number of nitrogens with one attached hydrogen (secondary N) is 1. The maximum absolute atomic E-state index is 12.1. The Morgan fingerprint density at radius 3 is 2.72 bits per heavy atom. The molecule has 2 aliphatic rings. The first kappa shape index (κ1) is 14.2. The molecule has 0 aromatic carbocycles. The van der Waals surface area contributed by atoms with Crippen LogP contribution in [0, 0.1) is 0 Å². The SMILES string of the molecule is CCN(C(=O)CNC1CCCC(SC)C1)C1CC1. The fraction of sp³-hybridized carbons (Fsp3) is 0.929. The van der Waals surface area contributed by atoms with Crippen molar-refractivity contribution in [3.05, 3.63) is 0 Å². The lowest BCUT2D eigenvalue weighted by Gasteiger charge is -2.29. The lowest BCUT2D eigenvalue weighted by Crippen LogP contribution is -2.44. The highest BCUT2D eigenvalue weighted by Gasteiger charge is 2.31. The molecular weight excluding hydrogens is 244 g/mol. The van der Waals surface area contributed by atoms with E-state index in [-0.39, 0.29) is 0 Å². The van der Waals surface area contributed by atoms with Crippen molar-refractivity contribution in [2.24, 2.45) is 0 Å². The van der Waals surface area contributed by atoms with Crippen LogP contribution in [-0.4, -0.2) is 47.5 Å². The zero-order valence-electron chi connectivity index (χ0n) is 11.7. The third kappa shape index (κ3) is 3.89. The molecular formula is C14H26N2OS. The predicted molar refractivity (Wildman–Crippen MR) is 78.0 cm³/mol. The van der Waals surface area contributed by atoms with E-state index in [2.05, 4.69) is 18.5 Å². The van der Waals surface area contributed by atoms with Crippen molar-refractivity contribution in [3.63, 3.8) is 0 Å². The van der Waals surface area contributed by atoms with Crippen LogP contribution in [0.1, 0.15) is 45.4 Å². The standard InChI is InChI=1S/C14H26N2OS/c1-3-16(12-7-8-12)14(17)10-15-11-5-4-6-13(9-11)18-2/h11-13,15H,3-10H2,1-2H3. The zero-order valence-corrected chi connectivity index (χ0v) is 12.5. The molecule has 104 valence electrons. The second kappa shape index (κ2) is 6.80. The highest BCUT2D eigenvalue weighted by atomic mass is 32.2. The Morgan fingerprint density at radius 1 is 1.33 bits per heavy atom. The molecule has 2 fully saturated rings. The van der Waals surface area contributed by atoms with Crippen molar-refractivity contribution in [1.82, 2.24) is 10.2 Å². The van der Waals surface area contributed by atoms with Crippen LogP contribution in [0.4, 0.5) is 0 Å². The molecule has 0 aliphatic heterocycles. The maximum atomic E-state index is 12.1. The molecule has 0 saturated heterocycles. The van der Waals surface area contributed by atoms with Gasteiger partial charge >= 0.3 is 0 Å². The molecule has 1 N–H and O–H groups in total. The highest BCUT2D eigenvalue weighted by Crippen LogP contribution is 2.28. The summed E-state index contributed by atoms with van der Waals surface area (Å²) >= 11 is 1.97. The van der Waals surface area contributed by atoms with Gasteiger partial charge in [0.2, 0.25) is 5.91 Å². The van der Waals surface area contributed by atoms with Gasteiger partial charge < -0.3 is 10.2 Å². The normalized spacial score (nSPS) is 28.1. The lowest BCUT2D eigenvalue weighted by atomic mass is 9.95. The minimum Gasteiger partial charge on any atom is -0.339 e. The summed E-state index contributed by atoms with van der Waals surface area (Å²) in [6.07, 6.45) is 9.72. The monoisotopic (exact) mass is 270 g/mol. The van der Waals surface area contributed by atoms with Crippen LogP contribution >= 0.6 is 11.8 Å². The Morgan fingerprint density at radius 2 is 2.11 bits per heavy atom. The quantitative estimate of drug-likeness (QED) is 0.803. The smallest absolute Gasteiger partial charge is 0.236 e. The van der Waals surface area contributed by atoms with Crippen molar-refractivity contribution >= 4 is 17.7 Å². The number of likely N-dealkylation sites (N-methyl/N-ethyl adjacent to an activating group) is 1. The number of hydrogen-bond donors (Lipinski definition) is 1. The van der Waals surface area contributed by atoms with Gasteiger partial charge in [0.15, 0.2) is 0 Å². The van der Waals surface area contributed by atoms with E-state index in [9.17, 15) is 4.79 Å². The van der Waals surface area contributed by atoms with E-state index in [0.29, 0.717) is 24.5 Å². The summed E-state index contributed by atoms with van der Waals surface area (Å²) in [5, 5.41) is 4.27. The van der Waals surface area contributed by atoms with Gasteiger partial charge in [-0.25, -0.2) is 0 Å². The molecule has 0 spiro atoms. The lowest BCUT2D eigenvalue weighted by molar-refractivity contribution is -0.130. The molecule has 2 rings (SSSR count). The molecule has 18 heavy (non-hydrogen) atoms. The number of amides is 1. The molecule has 4 heteroatoms.